The van der Waals surface area contributed by atoms with Crippen LogP contribution in [0.3, 0.4) is 0 Å². The summed E-state index contributed by atoms with van der Waals surface area (Å²) in [6.45, 7) is 1.34. The van der Waals surface area contributed by atoms with Crippen LogP contribution in [-0.2, 0) is 9.53 Å². The molecule has 0 aliphatic carbocycles. The molecule has 1 fully saturated rings. The molecule has 0 radical (unpaired) electrons. The molecule has 0 saturated carbocycles. The van der Waals surface area contributed by atoms with Gasteiger partial charge in [0.1, 0.15) is 6.61 Å². The van der Waals surface area contributed by atoms with Crippen molar-refractivity contribution in [2.45, 2.75) is 19.0 Å². The Morgan fingerprint density at radius 2 is 1.94 bits per heavy atom. The van der Waals surface area contributed by atoms with Crippen molar-refractivity contribution in [3.63, 3.8) is 0 Å². The standard InChI is InChI=1S/C13H15NO4/c1-9(16)18-8-12-11(7-15)14(12)13(17)10-5-3-2-4-6-10/h2-6,11-12,15H,7-8H2,1H3/t11-,12+,14?/m1/s1. The lowest BCUT2D eigenvalue weighted by Crippen LogP contribution is -2.17. The van der Waals surface area contributed by atoms with Crippen LogP contribution in [0.2, 0.25) is 0 Å². The number of esters is 1. The third-order valence-corrected chi connectivity index (χ3v) is 2.97. The molecule has 18 heavy (non-hydrogen) atoms. The van der Waals surface area contributed by atoms with Gasteiger partial charge >= 0.3 is 5.97 Å². The lowest BCUT2D eigenvalue weighted by molar-refractivity contribution is -0.141. The van der Waals surface area contributed by atoms with Crippen LogP contribution in [0.15, 0.2) is 30.3 Å². The molecule has 1 aromatic carbocycles. The number of hydrogen-bond donors (Lipinski definition) is 1. The van der Waals surface area contributed by atoms with Gasteiger partial charge in [0.05, 0.1) is 18.7 Å². The Kier molecular flexibility index (Phi) is 3.62. The molecule has 1 heterocycles. The van der Waals surface area contributed by atoms with Crippen molar-refractivity contribution in [1.29, 1.82) is 0 Å². The fourth-order valence-electron chi connectivity index (χ4n) is 1.97. The molecule has 0 bridgehead atoms. The SMILES string of the molecule is CC(=O)OC[C@H]1[C@@H](CO)N1C(=O)c1ccccc1. The molecule has 0 aromatic heterocycles. The number of carbonyl (C=O) groups excluding carboxylic acids is 2. The minimum absolute atomic E-state index is 0.121. The van der Waals surface area contributed by atoms with Crippen molar-refractivity contribution in [1.82, 2.24) is 4.90 Å². The quantitative estimate of drug-likeness (QED) is 0.621. The van der Waals surface area contributed by atoms with Gasteiger partial charge in [-0.25, -0.2) is 0 Å². The molecule has 1 amide bonds. The van der Waals surface area contributed by atoms with E-state index in [1.54, 1.807) is 24.3 Å². The smallest absolute Gasteiger partial charge is 0.302 e. The van der Waals surface area contributed by atoms with Gasteiger partial charge in [-0.15, -0.1) is 0 Å². The van der Waals surface area contributed by atoms with E-state index in [1.165, 1.54) is 11.8 Å². The van der Waals surface area contributed by atoms with Crippen LogP contribution in [0, 0.1) is 0 Å². The summed E-state index contributed by atoms with van der Waals surface area (Å²) in [6.07, 6.45) is 0. The molecule has 2 rings (SSSR count). The molecular weight excluding hydrogens is 234 g/mol. The predicted molar refractivity (Wildman–Crippen MR) is 63.9 cm³/mol. The van der Waals surface area contributed by atoms with E-state index in [4.69, 9.17) is 4.74 Å². The molecule has 1 aromatic rings. The summed E-state index contributed by atoms with van der Waals surface area (Å²) in [7, 11) is 0. The number of aliphatic hydroxyl groups excluding tert-OH is 1. The Labute approximate surface area is 105 Å². The summed E-state index contributed by atoms with van der Waals surface area (Å²) >= 11 is 0. The van der Waals surface area contributed by atoms with Crippen LogP contribution in [-0.4, -0.2) is 47.2 Å². The number of nitrogens with zero attached hydrogens (tertiary/aromatic N) is 1. The summed E-state index contributed by atoms with van der Waals surface area (Å²) < 4.78 is 4.87. The van der Waals surface area contributed by atoms with Crippen LogP contribution < -0.4 is 0 Å². The average Bonchev–Trinajstić information content (AvgIpc) is 3.09. The van der Waals surface area contributed by atoms with Crippen molar-refractivity contribution < 1.29 is 19.4 Å². The highest BCUT2D eigenvalue weighted by molar-refractivity contribution is 5.96. The fourth-order valence-corrected chi connectivity index (χ4v) is 1.97. The number of amides is 1. The summed E-state index contributed by atoms with van der Waals surface area (Å²) in [6, 6.07) is 8.37. The van der Waals surface area contributed by atoms with Gasteiger partial charge in [0, 0.05) is 12.5 Å². The minimum Gasteiger partial charge on any atom is -0.464 e. The first-order valence-electron chi connectivity index (χ1n) is 5.77. The van der Waals surface area contributed by atoms with Gasteiger partial charge in [-0.2, -0.15) is 0 Å². The van der Waals surface area contributed by atoms with Crippen LogP contribution in [0.1, 0.15) is 17.3 Å². The number of hydrogen-bond acceptors (Lipinski definition) is 4. The topological polar surface area (TPSA) is 66.6 Å². The first-order chi connectivity index (χ1) is 8.65. The molecule has 1 saturated heterocycles. The molecular formula is C13H15NO4. The average molecular weight is 249 g/mol. The lowest BCUT2D eigenvalue weighted by Gasteiger charge is -2.04. The zero-order chi connectivity index (χ0) is 13.1. The van der Waals surface area contributed by atoms with E-state index in [1.807, 2.05) is 6.07 Å². The maximum Gasteiger partial charge on any atom is 0.302 e. The molecule has 2 atom stereocenters. The van der Waals surface area contributed by atoms with Gasteiger partial charge in [0.15, 0.2) is 0 Å². The first-order valence-corrected chi connectivity index (χ1v) is 5.77. The maximum atomic E-state index is 12.1. The van der Waals surface area contributed by atoms with Gasteiger partial charge in [0.2, 0.25) is 0 Å². The third-order valence-electron chi connectivity index (χ3n) is 2.97. The van der Waals surface area contributed by atoms with Crippen molar-refractivity contribution in [3.05, 3.63) is 35.9 Å². The number of rotatable bonds is 4. The monoisotopic (exact) mass is 249 g/mol. The maximum absolute atomic E-state index is 12.1. The highest BCUT2D eigenvalue weighted by Gasteiger charge is 2.51. The fraction of sp³-hybridized carbons (Fsp3) is 0.385. The second-order valence-electron chi connectivity index (χ2n) is 4.20. The Balaban J connectivity index is 2.01. The number of aliphatic hydroxyl groups is 1. The van der Waals surface area contributed by atoms with E-state index >= 15 is 0 Å². The Bertz CT molecular complexity index is 446. The molecule has 5 nitrogen and oxygen atoms in total. The normalized spacial score (nSPS) is 21.6. The molecule has 96 valence electrons. The third kappa shape index (κ3) is 2.51. The second-order valence-corrected chi connectivity index (χ2v) is 4.20. The Morgan fingerprint density at radius 3 is 2.50 bits per heavy atom. The van der Waals surface area contributed by atoms with E-state index in [0.717, 1.165) is 0 Å². The summed E-state index contributed by atoms with van der Waals surface area (Å²) in [4.78, 5) is 24.4. The lowest BCUT2D eigenvalue weighted by atomic mass is 10.2. The van der Waals surface area contributed by atoms with E-state index < -0.39 is 0 Å². The van der Waals surface area contributed by atoms with Crippen molar-refractivity contribution in [2.75, 3.05) is 13.2 Å². The van der Waals surface area contributed by atoms with Gasteiger partial charge in [-0.1, -0.05) is 18.2 Å². The van der Waals surface area contributed by atoms with Gasteiger partial charge in [0.25, 0.3) is 5.91 Å². The van der Waals surface area contributed by atoms with Crippen molar-refractivity contribution in [3.8, 4) is 0 Å². The van der Waals surface area contributed by atoms with Crippen LogP contribution in [0.5, 0.6) is 0 Å². The zero-order valence-corrected chi connectivity index (χ0v) is 10.1. The Hall–Kier alpha value is -1.88. The highest BCUT2D eigenvalue weighted by atomic mass is 16.5. The van der Waals surface area contributed by atoms with Crippen molar-refractivity contribution >= 4 is 11.9 Å². The molecule has 0 spiro atoms. The predicted octanol–water partition coefficient (Wildman–Crippen LogP) is 0.435. The van der Waals surface area contributed by atoms with E-state index in [0.29, 0.717) is 5.56 Å². The van der Waals surface area contributed by atoms with E-state index in [-0.39, 0.29) is 37.2 Å². The molecule has 1 N–H and O–H groups in total. The molecule has 1 aliphatic rings. The summed E-state index contributed by atoms with van der Waals surface area (Å²) in [5.41, 5.74) is 0.571. The highest BCUT2D eigenvalue weighted by Crippen LogP contribution is 2.30. The molecule has 0 unspecified atom stereocenters. The largest absolute Gasteiger partial charge is 0.464 e. The second kappa shape index (κ2) is 5.18. The summed E-state index contributed by atoms with van der Waals surface area (Å²) in [5.74, 6) is -0.530. The zero-order valence-electron chi connectivity index (χ0n) is 10.1. The first kappa shape index (κ1) is 12.6. The summed E-state index contributed by atoms with van der Waals surface area (Å²) in [5, 5.41) is 9.17. The van der Waals surface area contributed by atoms with Gasteiger partial charge < -0.3 is 14.7 Å². The number of ether oxygens (including phenoxy) is 1. The van der Waals surface area contributed by atoms with Crippen LogP contribution in [0.4, 0.5) is 0 Å². The van der Waals surface area contributed by atoms with Gasteiger partial charge in [-0.3, -0.25) is 9.59 Å². The van der Waals surface area contributed by atoms with Gasteiger partial charge in [-0.05, 0) is 12.1 Å². The molecule has 1 aliphatic heterocycles. The van der Waals surface area contributed by atoms with Crippen LogP contribution in [0.25, 0.3) is 0 Å². The Morgan fingerprint density at radius 1 is 1.28 bits per heavy atom. The number of benzene rings is 1. The van der Waals surface area contributed by atoms with Crippen molar-refractivity contribution in [2.24, 2.45) is 0 Å². The number of carbonyl (C=O) groups is 2. The van der Waals surface area contributed by atoms with Crippen LogP contribution >= 0.6 is 0 Å². The minimum atomic E-state index is -0.384. The van der Waals surface area contributed by atoms with E-state index in [2.05, 4.69) is 0 Å². The van der Waals surface area contributed by atoms with E-state index in [9.17, 15) is 14.7 Å². The molecule has 5 heteroatoms.